The molecular weight excluding hydrogens is 174 g/mol. The van der Waals surface area contributed by atoms with Crippen molar-refractivity contribution in [1.82, 2.24) is 15.1 Å². The van der Waals surface area contributed by atoms with E-state index in [1.54, 1.807) is 0 Å². The molecule has 80 valence electrons. The number of hydrogen-bond acceptors (Lipinski definition) is 2. The van der Waals surface area contributed by atoms with Gasteiger partial charge in [-0.2, -0.15) is 5.10 Å². The van der Waals surface area contributed by atoms with Gasteiger partial charge in [-0.05, 0) is 19.8 Å². The molecule has 3 heteroatoms. The van der Waals surface area contributed by atoms with Gasteiger partial charge in [0.25, 0.3) is 0 Å². The highest BCUT2D eigenvalue weighted by Gasteiger charge is 2.12. The van der Waals surface area contributed by atoms with Gasteiger partial charge in [-0.15, -0.1) is 0 Å². The summed E-state index contributed by atoms with van der Waals surface area (Å²) in [6, 6.07) is 0.909. The van der Waals surface area contributed by atoms with E-state index in [0.717, 1.165) is 0 Å². The minimum Gasteiger partial charge on any atom is -0.307 e. The first-order valence-electron chi connectivity index (χ1n) is 5.25. The van der Waals surface area contributed by atoms with E-state index >= 15 is 0 Å². The van der Waals surface area contributed by atoms with Crippen molar-refractivity contribution in [3.8, 4) is 0 Å². The molecule has 3 nitrogen and oxygen atoms in total. The van der Waals surface area contributed by atoms with Crippen molar-refractivity contribution in [2.24, 2.45) is 13.0 Å². The van der Waals surface area contributed by atoms with E-state index in [2.05, 4.69) is 44.3 Å². The summed E-state index contributed by atoms with van der Waals surface area (Å²) in [5, 5.41) is 7.72. The van der Waals surface area contributed by atoms with E-state index in [0.29, 0.717) is 18.0 Å². The van der Waals surface area contributed by atoms with E-state index in [1.165, 1.54) is 5.56 Å². The van der Waals surface area contributed by atoms with Gasteiger partial charge < -0.3 is 5.32 Å². The lowest BCUT2D eigenvalue weighted by Crippen LogP contribution is -2.32. The van der Waals surface area contributed by atoms with Gasteiger partial charge in [0, 0.05) is 30.9 Å². The van der Waals surface area contributed by atoms with Crippen LogP contribution in [0.3, 0.4) is 0 Å². The first-order chi connectivity index (χ1) is 6.50. The molecule has 1 heterocycles. The third-order valence-electron chi connectivity index (χ3n) is 2.74. The van der Waals surface area contributed by atoms with Crippen molar-refractivity contribution in [3.63, 3.8) is 0 Å². The van der Waals surface area contributed by atoms with Crippen LogP contribution in [0.25, 0.3) is 0 Å². The zero-order chi connectivity index (χ0) is 10.7. The maximum Gasteiger partial charge on any atom is 0.0537 e. The molecule has 0 saturated carbocycles. The Morgan fingerprint density at radius 2 is 1.93 bits per heavy atom. The van der Waals surface area contributed by atoms with Crippen molar-refractivity contribution in [3.05, 3.63) is 18.0 Å². The number of hydrogen-bond donors (Lipinski definition) is 1. The van der Waals surface area contributed by atoms with Gasteiger partial charge in [-0.1, -0.05) is 13.8 Å². The SMILES string of the molecule is CC(NC(C)C(C)C)c1cnn(C)c1. The first-order valence-corrected chi connectivity index (χ1v) is 5.25. The molecule has 0 aliphatic heterocycles. The predicted molar refractivity (Wildman–Crippen MR) is 59.1 cm³/mol. The van der Waals surface area contributed by atoms with Gasteiger partial charge in [-0.25, -0.2) is 0 Å². The molecular formula is C11H21N3. The van der Waals surface area contributed by atoms with Gasteiger partial charge in [0.2, 0.25) is 0 Å². The molecule has 1 aromatic rings. The lowest BCUT2D eigenvalue weighted by Gasteiger charge is -2.22. The minimum atomic E-state index is 0.376. The smallest absolute Gasteiger partial charge is 0.0537 e. The molecule has 1 rings (SSSR count). The van der Waals surface area contributed by atoms with Gasteiger partial charge in [0.15, 0.2) is 0 Å². The van der Waals surface area contributed by atoms with E-state index in [4.69, 9.17) is 0 Å². The quantitative estimate of drug-likeness (QED) is 0.797. The summed E-state index contributed by atoms with van der Waals surface area (Å²) in [5.41, 5.74) is 1.25. The van der Waals surface area contributed by atoms with Crippen molar-refractivity contribution >= 4 is 0 Å². The van der Waals surface area contributed by atoms with Crippen molar-refractivity contribution in [1.29, 1.82) is 0 Å². The summed E-state index contributed by atoms with van der Waals surface area (Å²) in [6.45, 7) is 8.86. The lowest BCUT2D eigenvalue weighted by molar-refractivity contribution is 0.389. The summed E-state index contributed by atoms with van der Waals surface area (Å²) < 4.78 is 1.84. The van der Waals surface area contributed by atoms with Crippen LogP contribution in [0.2, 0.25) is 0 Å². The van der Waals surface area contributed by atoms with Gasteiger partial charge >= 0.3 is 0 Å². The van der Waals surface area contributed by atoms with Crippen LogP contribution in [-0.2, 0) is 7.05 Å². The van der Waals surface area contributed by atoms with Crippen molar-refractivity contribution in [2.45, 2.75) is 39.8 Å². The fraction of sp³-hybridized carbons (Fsp3) is 0.727. The second-order valence-electron chi connectivity index (χ2n) is 4.37. The predicted octanol–water partition coefficient (Wildman–Crippen LogP) is 2.12. The maximum absolute atomic E-state index is 4.17. The van der Waals surface area contributed by atoms with Crippen LogP contribution in [0.1, 0.15) is 39.3 Å². The third-order valence-corrected chi connectivity index (χ3v) is 2.74. The lowest BCUT2D eigenvalue weighted by atomic mass is 10.0. The van der Waals surface area contributed by atoms with Crippen LogP contribution in [0, 0.1) is 5.92 Å². The molecule has 0 aliphatic carbocycles. The molecule has 0 fully saturated rings. The number of aryl methyl sites for hydroxylation is 1. The Morgan fingerprint density at radius 3 is 2.36 bits per heavy atom. The van der Waals surface area contributed by atoms with Crippen LogP contribution in [0.4, 0.5) is 0 Å². The molecule has 0 amide bonds. The normalized spacial score (nSPS) is 15.9. The van der Waals surface area contributed by atoms with Crippen LogP contribution in [-0.4, -0.2) is 15.8 Å². The topological polar surface area (TPSA) is 29.9 Å². The van der Waals surface area contributed by atoms with Crippen LogP contribution in [0.15, 0.2) is 12.4 Å². The molecule has 14 heavy (non-hydrogen) atoms. The summed E-state index contributed by atoms with van der Waals surface area (Å²) in [6.07, 6.45) is 3.98. The summed E-state index contributed by atoms with van der Waals surface area (Å²) in [7, 11) is 1.95. The molecule has 0 aromatic carbocycles. The minimum absolute atomic E-state index is 0.376. The highest BCUT2D eigenvalue weighted by Crippen LogP contribution is 2.13. The maximum atomic E-state index is 4.17. The molecule has 1 N–H and O–H groups in total. The molecule has 0 bridgehead atoms. The Bertz CT molecular complexity index is 278. The standard InChI is InChI=1S/C11H21N3/c1-8(2)9(3)13-10(4)11-6-12-14(5)7-11/h6-10,13H,1-5H3. The van der Waals surface area contributed by atoms with E-state index in [9.17, 15) is 0 Å². The van der Waals surface area contributed by atoms with Crippen LogP contribution in [0.5, 0.6) is 0 Å². The number of nitrogens with one attached hydrogen (secondary N) is 1. The Labute approximate surface area is 86.5 Å². The second kappa shape index (κ2) is 4.60. The summed E-state index contributed by atoms with van der Waals surface area (Å²) in [4.78, 5) is 0. The first kappa shape index (κ1) is 11.2. The fourth-order valence-electron chi connectivity index (χ4n) is 1.35. The molecule has 2 atom stereocenters. The highest BCUT2D eigenvalue weighted by molar-refractivity contribution is 5.09. The Balaban J connectivity index is 2.54. The Kier molecular flexibility index (Phi) is 3.69. The molecule has 0 saturated heterocycles. The van der Waals surface area contributed by atoms with Crippen molar-refractivity contribution in [2.75, 3.05) is 0 Å². The van der Waals surface area contributed by atoms with Gasteiger partial charge in [0.1, 0.15) is 0 Å². The van der Waals surface area contributed by atoms with Crippen LogP contribution < -0.4 is 5.32 Å². The zero-order valence-corrected chi connectivity index (χ0v) is 9.78. The average molecular weight is 195 g/mol. The second-order valence-corrected chi connectivity index (χ2v) is 4.37. The Morgan fingerprint density at radius 1 is 1.29 bits per heavy atom. The average Bonchev–Trinajstić information content (AvgIpc) is 2.51. The summed E-state index contributed by atoms with van der Waals surface area (Å²) in [5.74, 6) is 0.661. The molecule has 0 aliphatic rings. The van der Waals surface area contributed by atoms with E-state index < -0.39 is 0 Å². The largest absolute Gasteiger partial charge is 0.307 e. The van der Waals surface area contributed by atoms with Crippen LogP contribution >= 0.6 is 0 Å². The van der Waals surface area contributed by atoms with Crippen molar-refractivity contribution < 1.29 is 0 Å². The van der Waals surface area contributed by atoms with E-state index in [-0.39, 0.29) is 0 Å². The number of aromatic nitrogens is 2. The summed E-state index contributed by atoms with van der Waals surface area (Å²) >= 11 is 0. The number of nitrogens with zero attached hydrogens (tertiary/aromatic N) is 2. The van der Waals surface area contributed by atoms with Gasteiger partial charge in [0.05, 0.1) is 6.20 Å². The third kappa shape index (κ3) is 2.84. The number of rotatable bonds is 4. The molecule has 0 radical (unpaired) electrons. The highest BCUT2D eigenvalue weighted by atomic mass is 15.2. The molecule has 2 unspecified atom stereocenters. The van der Waals surface area contributed by atoms with Gasteiger partial charge in [-0.3, -0.25) is 4.68 Å². The molecule has 1 aromatic heterocycles. The molecule has 0 spiro atoms. The zero-order valence-electron chi connectivity index (χ0n) is 9.78. The Hall–Kier alpha value is -0.830. The fourth-order valence-corrected chi connectivity index (χ4v) is 1.35. The van der Waals surface area contributed by atoms with E-state index in [1.807, 2.05) is 17.9 Å². The monoisotopic (exact) mass is 195 g/mol.